The van der Waals surface area contributed by atoms with E-state index in [-0.39, 0.29) is 37.4 Å². The zero-order chi connectivity index (χ0) is 14.9. The highest BCUT2D eigenvalue weighted by Crippen LogP contribution is 2.20. The van der Waals surface area contributed by atoms with E-state index >= 15 is 0 Å². The summed E-state index contributed by atoms with van der Waals surface area (Å²) in [5.41, 5.74) is -0.901. The Morgan fingerprint density at radius 1 is 1.45 bits per heavy atom. The number of aliphatic hydroxyl groups excluding tert-OH is 1. The average molecular weight is 283 g/mol. The molecule has 20 heavy (non-hydrogen) atoms. The van der Waals surface area contributed by atoms with Gasteiger partial charge in [-0.25, -0.2) is 4.79 Å². The van der Waals surface area contributed by atoms with E-state index in [4.69, 9.17) is 0 Å². The molecule has 0 spiro atoms. The van der Waals surface area contributed by atoms with Crippen LogP contribution in [0.15, 0.2) is 0 Å². The quantitative estimate of drug-likeness (QED) is 0.693. The third kappa shape index (κ3) is 2.63. The van der Waals surface area contributed by atoms with Crippen LogP contribution in [0.2, 0.25) is 0 Å². The lowest BCUT2D eigenvalue weighted by atomic mass is 10.1. The third-order valence-corrected chi connectivity index (χ3v) is 3.90. The van der Waals surface area contributed by atoms with Crippen LogP contribution in [-0.4, -0.2) is 64.0 Å². The second-order valence-corrected chi connectivity index (χ2v) is 5.83. The highest BCUT2D eigenvalue weighted by Gasteiger charge is 2.44. The van der Waals surface area contributed by atoms with Crippen LogP contribution >= 0.6 is 0 Å². The molecule has 0 aromatic rings. The minimum atomic E-state index is -0.901. The van der Waals surface area contributed by atoms with E-state index in [1.165, 1.54) is 0 Å². The maximum Gasteiger partial charge on any atom is 0.325 e. The van der Waals surface area contributed by atoms with Gasteiger partial charge in [0.15, 0.2) is 0 Å². The second-order valence-electron chi connectivity index (χ2n) is 5.83. The van der Waals surface area contributed by atoms with E-state index in [0.717, 1.165) is 17.7 Å². The maximum absolute atomic E-state index is 12.1. The SMILES string of the molecule is CC1(C)NC(=O)N(CCC(=O)N2CCCC2CO)C1=O. The lowest BCUT2D eigenvalue weighted by Crippen LogP contribution is -2.42. The van der Waals surface area contributed by atoms with Gasteiger partial charge in [-0.15, -0.1) is 0 Å². The smallest absolute Gasteiger partial charge is 0.325 e. The van der Waals surface area contributed by atoms with E-state index in [1.807, 2.05) is 0 Å². The van der Waals surface area contributed by atoms with E-state index in [2.05, 4.69) is 5.32 Å². The first kappa shape index (κ1) is 14.8. The van der Waals surface area contributed by atoms with Crippen LogP contribution in [0, 0.1) is 0 Å². The van der Waals surface area contributed by atoms with Crippen molar-refractivity contribution in [3.05, 3.63) is 0 Å². The molecule has 2 fully saturated rings. The predicted molar refractivity (Wildman–Crippen MR) is 70.8 cm³/mol. The first-order valence-corrected chi connectivity index (χ1v) is 6.91. The zero-order valence-electron chi connectivity index (χ0n) is 11.9. The van der Waals surface area contributed by atoms with Crippen molar-refractivity contribution in [2.75, 3.05) is 19.7 Å². The number of nitrogens with zero attached hydrogens (tertiary/aromatic N) is 2. The van der Waals surface area contributed by atoms with E-state index in [9.17, 15) is 19.5 Å². The highest BCUT2D eigenvalue weighted by molar-refractivity contribution is 6.06. The molecule has 0 bridgehead atoms. The fourth-order valence-corrected chi connectivity index (χ4v) is 2.73. The summed E-state index contributed by atoms with van der Waals surface area (Å²) < 4.78 is 0. The van der Waals surface area contributed by atoms with Crippen LogP contribution in [0.5, 0.6) is 0 Å². The Hall–Kier alpha value is -1.63. The van der Waals surface area contributed by atoms with Gasteiger partial charge in [0.2, 0.25) is 5.91 Å². The molecule has 0 aromatic heterocycles. The van der Waals surface area contributed by atoms with Gasteiger partial charge in [0, 0.05) is 19.5 Å². The van der Waals surface area contributed by atoms with Crippen LogP contribution in [0.4, 0.5) is 4.79 Å². The van der Waals surface area contributed by atoms with Gasteiger partial charge in [0.1, 0.15) is 5.54 Å². The second kappa shape index (κ2) is 5.40. The molecule has 4 amide bonds. The molecule has 1 atom stereocenters. The Bertz CT molecular complexity index is 435. The van der Waals surface area contributed by atoms with Gasteiger partial charge in [-0.3, -0.25) is 14.5 Å². The molecule has 7 heteroatoms. The summed E-state index contributed by atoms with van der Waals surface area (Å²) in [6.45, 7) is 3.95. The van der Waals surface area contributed by atoms with Crippen molar-refractivity contribution < 1.29 is 19.5 Å². The van der Waals surface area contributed by atoms with Gasteiger partial charge in [0.05, 0.1) is 12.6 Å². The molecule has 2 aliphatic heterocycles. The molecule has 2 aliphatic rings. The number of carbonyl (C=O) groups is 3. The topological polar surface area (TPSA) is 90.0 Å². The first-order valence-electron chi connectivity index (χ1n) is 6.91. The summed E-state index contributed by atoms with van der Waals surface area (Å²) in [5.74, 6) is -0.428. The molecule has 0 aromatic carbocycles. The van der Waals surface area contributed by atoms with Crippen molar-refractivity contribution in [1.29, 1.82) is 0 Å². The number of urea groups is 1. The summed E-state index contributed by atoms with van der Waals surface area (Å²) in [5, 5.41) is 11.8. The number of amides is 4. The lowest BCUT2D eigenvalue weighted by Gasteiger charge is -2.24. The van der Waals surface area contributed by atoms with E-state index < -0.39 is 11.6 Å². The molecule has 2 heterocycles. The van der Waals surface area contributed by atoms with Crippen LogP contribution in [-0.2, 0) is 9.59 Å². The number of rotatable bonds is 4. The highest BCUT2D eigenvalue weighted by atomic mass is 16.3. The monoisotopic (exact) mass is 283 g/mol. The number of hydrogen-bond donors (Lipinski definition) is 2. The van der Waals surface area contributed by atoms with Crippen molar-refractivity contribution in [2.45, 2.75) is 44.7 Å². The van der Waals surface area contributed by atoms with Crippen LogP contribution < -0.4 is 5.32 Å². The molecular formula is C13H21N3O4. The molecule has 112 valence electrons. The molecule has 1 unspecified atom stereocenters. The normalized spacial score (nSPS) is 25.2. The Morgan fingerprint density at radius 3 is 2.70 bits per heavy atom. The van der Waals surface area contributed by atoms with Gasteiger partial charge in [-0.05, 0) is 26.7 Å². The summed E-state index contributed by atoms with van der Waals surface area (Å²) in [4.78, 5) is 38.5. The molecule has 7 nitrogen and oxygen atoms in total. The van der Waals surface area contributed by atoms with Gasteiger partial charge < -0.3 is 15.3 Å². The van der Waals surface area contributed by atoms with Gasteiger partial charge in [-0.1, -0.05) is 0 Å². The lowest BCUT2D eigenvalue weighted by molar-refractivity contribution is -0.134. The van der Waals surface area contributed by atoms with Crippen molar-refractivity contribution >= 4 is 17.8 Å². The van der Waals surface area contributed by atoms with Gasteiger partial charge in [-0.2, -0.15) is 0 Å². The molecule has 0 radical (unpaired) electrons. The fourth-order valence-electron chi connectivity index (χ4n) is 2.73. The Labute approximate surface area is 117 Å². The summed E-state index contributed by atoms with van der Waals surface area (Å²) in [6, 6.07) is -0.574. The minimum absolute atomic E-state index is 0.0398. The minimum Gasteiger partial charge on any atom is -0.394 e. The van der Waals surface area contributed by atoms with E-state index in [0.29, 0.717) is 6.54 Å². The summed E-state index contributed by atoms with van der Waals surface area (Å²) >= 11 is 0. The van der Waals surface area contributed by atoms with Gasteiger partial charge in [0.25, 0.3) is 5.91 Å². The third-order valence-electron chi connectivity index (χ3n) is 3.90. The van der Waals surface area contributed by atoms with Crippen LogP contribution in [0.25, 0.3) is 0 Å². The Morgan fingerprint density at radius 2 is 2.15 bits per heavy atom. The summed E-state index contributed by atoms with van der Waals surface area (Å²) in [7, 11) is 0. The summed E-state index contributed by atoms with van der Waals surface area (Å²) in [6.07, 6.45) is 1.79. The van der Waals surface area contributed by atoms with Crippen LogP contribution in [0.1, 0.15) is 33.1 Å². The van der Waals surface area contributed by atoms with Crippen LogP contribution in [0.3, 0.4) is 0 Å². The number of carbonyl (C=O) groups excluding carboxylic acids is 3. The molecule has 2 rings (SSSR count). The van der Waals surface area contributed by atoms with Gasteiger partial charge >= 0.3 is 6.03 Å². The Kier molecular flexibility index (Phi) is 3.99. The van der Waals surface area contributed by atoms with Crippen molar-refractivity contribution in [2.24, 2.45) is 0 Å². The van der Waals surface area contributed by atoms with Crippen molar-refractivity contribution in [3.63, 3.8) is 0 Å². The zero-order valence-corrected chi connectivity index (χ0v) is 11.9. The van der Waals surface area contributed by atoms with Crippen molar-refractivity contribution in [3.8, 4) is 0 Å². The molecular weight excluding hydrogens is 262 g/mol. The number of nitrogens with one attached hydrogen (secondary N) is 1. The fraction of sp³-hybridized carbons (Fsp3) is 0.769. The standard InChI is InChI=1S/C13H21N3O4/c1-13(2)11(19)16(12(20)14-13)7-5-10(18)15-6-3-4-9(15)8-17/h9,17H,3-8H2,1-2H3,(H,14,20). The predicted octanol–water partition coefficient (Wildman–Crippen LogP) is -0.310. The number of imide groups is 1. The largest absolute Gasteiger partial charge is 0.394 e. The number of aliphatic hydroxyl groups is 1. The maximum atomic E-state index is 12.1. The average Bonchev–Trinajstić information content (AvgIpc) is 2.92. The molecule has 2 saturated heterocycles. The molecule has 0 aliphatic carbocycles. The van der Waals surface area contributed by atoms with E-state index in [1.54, 1.807) is 18.7 Å². The number of hydrogen-bond acceptors (Lipinski definition) is 4. The Balaban J connectivity index is 1.91. The first-order chi connectivity index (χ1) is 9.36. The van der Waals surface area contributed by atoms with Crippen molar-refractivity contribution in [1.82, 2.24) is 15.1 Å². The molecule has 0 saturated carbocycles. The molecule has 2 N–H and O–H groups in total. The number of likely N-dealkylation sites (tertiary alicyclic amines) is 1.